The molecule has 3 heterocycles. The van der Waals surface area contributed by atoms with Crippen molar-refractivity contribution in [2.24, 2.45) is 0 Å². The highest BCUT2D eigenvalue weighted by molar-refractivity contribution is 7.98. The smallest absolute Gasteiger partial charge is 0.382 e. The van der Waals surface area contributed by atoms with E-state index in [1.165, 1.54) is 25.2 Å². The van der Waals surface area contributed by atoms with Gasteiger partial charge in [0.2, 0.25) is 0 Å². The number of nitrogen functional groups attached to an aromatic ring is 1. The summed E-state index contributed by atoms with van der Waals surface area (Å²) in [6.07, 6.45) is -0.391. The van der Waals surface area contributed by atoms with Gasteiger partial charge >= 0.3 is 15.4 Å². The van der Waals surface area contributed by atoms with Crippen molar-refractivity contribution in [3.8, 4) is 0 Å². The second kappa shape index (κ2) is 10.0. The van der Waals surface area contributed by atoms with Gasteiger partial charge in [0.05, 0.1) is 6.10 Å². The van der Waals surface area contributed by atoms with Crippen molar-refractivity contribution >= 4 is 44.1 Å². The third kappa shape index (κ3) is 5.23. The van der Waals surface area contributed by atoms with Crippen LogP contribution in [-0.2, 0) is 24.3 Å². The summed E-state index contributed by atoms with van der Waals surface area (Å²) >= 11 is 1.51. The van der Waals surface area contributed by atoms with E-state index in [-0.39, 0.29) is 19.0 Å². The molecule has 0 bridgehead atoms. The Labute approximate surface area is 191 Å². The van der Waals surface area contributed by atoms with Crippen LogP contribution in [0, 0.1) is 0 Å². The molecule has 0 saturated carbocycles. The minimum absolute atomic E-state index is 0.0456. The predicted octanol–water partition coefficient (Wildman–Crippen LogP) is 2.50. The van der Waals surface area contributed by atoms with Crippen LogP contribution in [0.4, 0.5) is 5.82 Å². The molecule has 168 valence electrons. The molecule has 1 aliphatic rings. The molecule has 32 heavy (non-hydrogen) atoms. The Hall–Kier alpha value is -1.79. The lowest BCUT2D eigenvalue weighted by Crippen LogP contribution is -2.34. The molecule has 0 aliphatic carbocycles. The van der Waals surface area contributed by atoms with Crippen LogP contribution in [0.15, 0.2) is 41.8 Å². The van der Waals surface area contributed by atoms with E-state index < -0.39 is 26.3 Å². The quantitative estimate of drug-likeness (QED) is 0.322. The van der Waals surface area contributed by atoms with Crippen LogP contribution in [0.1, 0.15) is 18.7 Å². The van der Waals surface area contributed by atoms with Crippen LogP contribution in [0.5, 0.6) is 0 Å². The first kappa shape index (κ1) is 23.4. The molecule has 4 rings (SSSR count). The molecule has 10 nitrogen and oxygen atoms in total. The van der Waals surface area contributed by atoms with Crippen LogP contribution >= 0.6 is 19.6 Å². The maximum Gasteiger partial charge on any atom is 0.488 e. The number of nitrogens with zero attached hydrogens (tertiary/aromatic N) is 4. The topological polar surface area (TPSA) is 127 Å². The van der Waals surface area contributed by atoms with Crippen molar-refractivity contribution < 1.29 is 23.4 Å². The highest BCUT2D eigenvalue weighted by Gasteiger charge is 2.41. The van der Waals surface area contributed by atoms with Crippen molar-refractivity contribution in [2.75, 3.05) is 26.1 Å². The first-order valence-corrected chi connectivity index (χ1v) is 12.5. The summed E-state index contributed by atoms with van der Waals surface area (Å²) in [6.45, 7) is 1.80. The summed E-state index contributed by atoms with van der Waals surface area (Å²) in [4.78, 5) is 23.4. The van der Waals surface area contributed by atoms with Crippen LogP contribution in [0.25, 0.3) is 11.2 Å². The average Bonchev–Trinajstić information content (AvgIpc) is 3.17. The molecule has 1 aliphatic heterocycles. The van der Waals surface area contributed by atoms with Gasteiger partial charge in [-0.15, -0.1) is 0 Å². The van der Waals surface area contributed by atoms with Gasteiger partial charge in [-0.05, 0) is 12.5 Å². The van der Waals surface area contributed by atoms with Crippen LogP contribution < -0.4 is 5.73 Å². The van der Waals surface area contributed by atoms with Gasteiger partial charge in [0.25, 0.3) is 0 Å². The minimum atomic E-state index is -3.48. The monoisotopic (exact) mass is 476 g/mol. The SMILES string of the molecule is [B][P+]1(O)OC[C@H](OC)[C@H](n2c(SCc3ccccc3)nc3c(N)ncnc32)O[C@@H](C)CO1. The van der Waals surface area contributed by atoms with Gasteiger partial charge in [-0.25, -0.2) is 19.8 Å². The van der Waals surface area contributed by atoms with Gasteiger partial charge in [-0.3, -0.25) is 4.57 Å². The number of fused-ring (bicyclic) bond motifs is 1. The number of nitrogens with two attached hydrogens (primary N) is 1. The summed E-state index contributed by atoms with van der Waals surface area (Å²) < 4.78 is 24.6. The Morgan fingerprint density at radius 2 is 2.03 bits per heavy atom. The number of imidazole rings is 1. The maximum absolute atomic E-state index is 10.2. The number of hydrogen-bond acceptors (Lipinski definition) is 10. The molecule has 0 amide bonds. The van der Waals surface area contributed by atoms with Gasteiger partial charge in [0.15, 0.2) is 28.4 Å². The Balaban J connectivity index is 1.76. The molecule has 4 atom stereocenters. The zero-order chi connectivity index (χ0) is 22.7. The van der Waals surface area contributed by atoms with Crippen LogP contribution in [-0.4, -0.2) is 64.5 Å². The van der Waals surface area contributed by atoms with Crippen molar-refractivity contribution in [3.63, 3.8) is 0 Å². The molecule has 1 fully saturated rings. The zero-order valence-corrected chi connectivity index (χ0v) is 19.4. The second-order valence-corrected chi connectivity index (χ2v) is 9.82. The number of aromatic nitrogens is 4. The second-order valence-electron chi connectivity index (χ2n) is 7.24. The van der Waals surface area contributed by atoms with E-state index >= 15 is 0 Å². The highest BCUT2D eigenvalue weighted by atomic mass is 32.2. The van der Waals surface area contributed by atoms with E-state index in [1.54, 1.807) is 0 Å². The van der Waals surface area contributed by atoms with Crippen LogP contribution in [0.3, 0.4) is 0 Å². The number of benzene rings is 1. The predicted molar refractivity (Wildman–Crippen MR) is 123 cm³/mol. The summed E-state index contributed by atoms with van der Waals surface area (Å²) in [5, 5.41) is 0.633. The van der Waals surface area contributed by atoms with Gasteiger partial charge in [-0.2, -0.15) is 9.05 Å². The van der Waals surface area contributed by atoms with E-state index in [0.717, 1.165) is 5.56 Å². The van der Waals surface area contributed by atoms with Crippen LogP contribution in [0.2, 0.25) is 0 Å². The molecule has 13 heteroatoms. The van der Waals surface area contributed by atoms with Crippen molar-refractivity contribution in [2.45, 2.75) is 36.3 Å². The standard InChI is InChI=1S/C19H24BN5O5PS/c1-12-8-28-31(20,26)29-9-14(27-2)18(30-12)25-17-15(16(21)22-11-23-17)24-19(25)32-10-13-6-4-3-5-7-13/h3-7,11-12,14,18,26H,8-10H2,1-2H3,(H2,21,22,23)/q+1/t12-,14-,18+,31?/m0/s1. The average molecular weight is 476 g/mol. The number of thioether (sulfide) groups is 1. The van der Waals surface area contributed by atoms with Crippen molar-refractivity contribution in [3.05, 3.63) is 42.2 Å². The molecule has 3 N–H and O–H groups in total. The lowest BCUT2D eigenvalue weighted by molar-refractivity contribution is -0.135. The molecule has 1 aromatic carbocycles. The van der Waals surface area contributed by atoms with Gasteiger partial charge in [0.1, 0.15) is 25.6 Å². The van der Waals surface area contributed by atoms with Gasteiger partial charge in [-0.1, -0.05) is 42.1 Å². The Morgan fingerprint density at radius 1 is 1.28 bits per heavy atom. The fourth-order valence-electron chi connectivity index (χ4n) is 3.25. The molecule has 2 radical (unpaired) electrons. The van der Waals surface area contributed by atoms with Crippen molar-refractivity contribution in [1.29, 1.82) is 0 Å². The first-order valence-electron chi connectivity index (χ1n) is 9.91. The lowest BCUT2D eigenvalue weighted by Gasteiger charge is -2.28. The number of ether oxygens (including phenoxy) is 2. The van der Waals surface area contributed by atoms with E-state index in [0.29, 0.717) is 22.1 Å². The largest absolute Gasteiger partial charge is 0.488 e. The summed E-state index contributed by atoms with van der Waals surface area (Å²) in [6, 6.07) is 10.0. The fourth-order valence-corrected chi connectivity index (χ4v) is 5.08. The molecule has 1 saturated heterocycles. The van der Waals surface area contributed by atoms with Gasteiger partial charge in [0, 0.05) is 12.9 Å². The molecule has 1 unspecified atom stereocenters. The van der Waals surface area contributed by atoms with E-state index in [2.05, 4.69) is 9.97 Å². The Bertz CT molecular complexity index is 1060. The number of hydrogen-bond donors (Lipinski definition) is 2. The third-order valence-electron chi connectivity index (χ3n) is 4.85. The summed E-state index contributed by atoms with van der Waals surface area (Å²) in [7, 11) is 3.81. The summed E-state index contributed by atoms with van der Waals surface area (Å²) in [5.74, 6) is 0.938. The lowest BCUT2D eigenvalue weighted by atomic mass is 10.2. The zero-order valence-electron chi connectivity index (χ0n) is 17.7. The fraction of sp³-hybridized carbons (Fsp3) is 0.421. The Morgan fingerprint density at radius 3 is 2.78 bits per heavy atom. The molecular weight excluding hydrogens is 452 g/mol. The number of rotatable bonds is 5. The van der Waals surface area contributed by atoms with Crippen molar-refractivity contribution in [1.82, 2.24) is 19.5 Å². The molecule has 0 spiro atoms. The van der Waals surface area contributed by atoms with Gasteiger partial charge < -0.3 is 15.2 Å². The highest BCUT2D eigenvalue weighted by Crippen LogP contribution is 2.53. The molecular formula is C19H24BN5O5PS+. The molecule has 2 aromatic heterocycles. The Kier molecular flexibility index (Phi) is 7.31. The number of methoxy groups -OCH3 is 1. The summed E-state index contributed by atoms with van der Waals surface area (Å²) in [5.41, 5.74) is 8.20. The third-order valence-corrected chi connectivity index (χ3v) is 6.91. The minimum Gasteiger partial charge on any atom is -0.382 e. The normalized spacial score (nSPS) is 27.0. The van der Waals surface area contributed by atoms with E-state index in [1.807, 2.05) is 41.8 Å². The first-order chi connectivity index (χ1) is 15.4. The maximum atomic E-state index is 10.2. The van der Waals surface area contributed by atoms with E-state index in [9.17, 15) is 4.89 Å². The van der Waals surface area contributed by atoms with E-state index in [4.69, 9.17) is 36.8 Å². The number of anilines is 1. The molecule has 3 aromatic rings.